The summed E-state index contributed by atoms with van der Waals surface area (Å²) in [5.41, 5.74) is -0.489. The number of hydrogen-bond acceptors (Lipinski definition) is 6. The van der Waals surface area contributed by atoms with Crippen molar-refractivity contribution in [3.05, 3.63) is 0 Å². The smallest absolute Gasteiger partial charge is 0.372 e. The third kappa shape index (κ3) is 3.23. The first-order chi connectivity index (χ1) is 8.28. The molecule has 0 aliphatic carbocycles. The van der Waals surface area contributed by atoms with Crippen LogP contribution in [0.25, 0.3) is 0 Å². The average Bonchev–Trinajstić information content (AvgIpc) is 2.72. The van der Waals surface area contributed by atoms with Gasteiger partial charge in [0.2, 0.25) is 0 Å². The van der Waals surface area contributed by atoms with Crippen molar-refractivity contribution in [1.29, 1.82) is 0 Å². The molecule has 0 amide bonds. The fourth-order valence-electron chi connectivity index (χ4n) is 2.34. The Labute approximate surface area is 106 Å². The number of hydrogen-bond donors (Lipinski definition) is 1. The van der Waals surface area contributed by atoms with E-state index in [0.717, 1.165) is 0 Å². The highest BCUT2D eigenvalue weighted by atomic mass is 16.7. The van der Waals surface area contributed by atoms with Crippen molar-refractivity contribution in [2.24, 2.45) is 0 Å². The molecule has 2 aliphatic rings. The Balaban J connectivity index is 1.83. The van der Waals surface area contributed by atoms with Crippen molar-refractivity contribution in [2.45, 2.75) is 51.6 Å². The zero-order valence-corrected chi connectivity index (χ0v) is 11.0. The standard InChI is InChI=1S/C11H19BNO5/c1-11(2,3)16-9(14)6-8-4-5-12(17-8)13-7-10(15)18-12/h8,13H,4-7H2,1-3H3/q-1. The van der Waals surface area contributed by atoms with Crippen LogP contribution in [-0.4, -0.2) is 36.9 Å². The van der Waals surface area contributed by atoms with Crippen molar-refractivity contribution in [3.63, 3.8) is 0 Å². The quantitative estimate of drug-likeness (QED) is 0.575. The summed E-state index contributed by atoms with van der Waals surface area (Å²) in [7, 11) is 0. The Morgan fingerprint density at radius 2 is 2.28 bits per heavy atom. The van der Waals surface area contributed by atoms with Gasteiger partial charge < -0.3 is 19.3 Å². The molecule has 6 nitrogen and oxygen atoms in total. The van der Waals surface area contributed by atoms with Gasteiger partial charge in [0.05, 0.1) is 13.0 Å². The molecule has 2 unspecified atom stereocenters. The van der Waals surface area contributed by atoms with Crippen LogP contribution in [0.15, 0.2) is 0 Å². The summed E-state index contributed by atoms with van der Waals surface area (Å²) in [6.45, 7) is 3.96. The Hall–Kier alpha value is -1.08. The lowest BCUT2D eigenvalue weighted by molar-refractivity contribution is -0.156. The van der Waals surface area contributed by atoms with E-state index in [9.17, 15) is 9.59 Å². The van der Waals surface area contributed by atoms with E-state index in [0.29, 0.717) is 12.7 Å². The van der Waals surface area contributed by atoms with Gasteiger partial charge in [-0.05, 0) is 20.8 Å². The Morgan fingerprint density at radius 1 is 1.56 bits per heavy atom. The third-order valence-corrected chi connectivity index (χ3v) is 2.97. The Kier molecular flexibility index (Phi) is 3.38. The monoisotopic (exact) mass is 256 g/mol. The van der Waals surface area contributed by atoms with Crippen LogP contribution in [0.5, 0.6) is 0 Å². The predicted molar refractivity (Wildman–Crippen MR) is 64.6 cm³/mol. The molecule has 0 aromatic heterocycles. The van der Waals surface area contributed by atoms with Crippen molar-refractivity contribution in [1.82, 2.24) is 5.23 Å². The highest BCUT2D eigenvalue weighted by Gasteiger charge is 2.43. The molecular weight excluding hydrogens is 237 g/mol. The first kappa shape index (κ1) is 13.4. The Bertz CT molecular complexity index is 367. The highest BCUT2D eigenvalue weighted by molar-refractivity contribution is 6.68. The lowest BCUT2D eigenvalue weighted by Crippen LogP contribution is -2.48. The number of rotatable bonds is 2. The fraction of sp³-hybridized carbons (Fsp3) is 0.818. The van der Waals surface area contributed by atoms with Gasteiger partial charge in [-0.15, -0.1) is 0 Å². The molecule has 102 valence electrons. The SMILES string of the molecule is CC(C)(C)OC(=O)CC1CC[B-]2(NCC(=O)O2)O1. The van der Waals surface area contributed by atoms with Crippen LogP contribution in [0.3, 0.4) is 0 Å². The molecule has 0 aromatic carbocycles. The molecule has 2 aliphatic heterocycles. The lowest BCUT2D eigenvalue weighted by atomic mass is 9.70. The number of carbonyl (C=O) groups excluding carboxylic acids is 2. The summed E-state index contributed by atoms with van der Waals surface area (Å²) in [5.74, 6) is -0.586. The van der Waals surface area contributed by atoms with Gasteiger partial charge >= 0.3 is 12.7 Å². The molecule has 2 atom stereocenters. The van der Waals surface area contributed by atoms with E-state index < -0.39 is 12.3 Å². The third-order valence-electron chi connectivity index (χ3n) is 2.97. The molecule has 0 bridgehead atoms. The topological polar surface area (TPSA) is 73.9 Å². The van der Waals surface area contributed by atoms with Crippen molar-refractivity contribution < 1.29 is 23.6 Å². The zero-order chi connectivity index (χ0) is 13.4. The predicted octanol–water partition coefficient (Wildman–Crippen LogP) is 0.592. The van der Waals surface area contributed by atoms with Gasteiger partial charge in [0.15, 0.2) is 0 Å². The van der Waals surface area contributed by atoms with E-state index >= 15 is 0 Å². The van der Waals surface area contributed by atoms with Gasteiger partial charge in [-0.3, -0.25) is 9.59 Å². The van der Waals surface area contributed by atoms with Crippen molar-refractivity contribution >= 4 is 18.6 Å². The minimum Gasteiger partial charge on any atom is -0.652 e. The van der Waals surface area contributed by atoms with Crippen LogP contribution in [0, 0.1) is 0 Å². The first-order valence-electron chi connectivity index (χ1n) is 6.30. The number of nitrogens with one attached hydrogen (secondary N) is 1. The molecule has 0 radical (unpaired) electrons. The molecule has 1 N–H and O–H groups in total. The van der Waals surface area contributed by atoms with Gasteiger partial charge in [-0.1, -0.05) is 12.7 Å². The molecule has 2 fully saturated rings. The molecular formula is C11H19BNO5-. The second-order valence-electron chi connectivity index (χ2n) is 5.87. The normalized spacial score (nSPS) is 31.7. The van der Waals surface area contributed by atoms with E-state index in [4.69, 9.17) is 14.0 Å². The summed E-state index contributed by atoms with van der Waals surface area (Å²) in [6, 6.07) is 0. The van der Waals surface area contributed by atoms with Gasteiger partial charge in [0, 0.05) is 6.10 Å². The van der Waals surface area contributed by atoms with Gasteiger partial charge in [0.25, 0.3) is 5.97 Å². The molecule has 0 saturated carbocycles. The largest absolute Gasteiger partial charge is 0.652 e. The van der Waals surface area contributed by atoms with Crippen LogP contribution in [0.2, 0.25) is 6.32 Å². The van der Waals surface area contributed by atoms with E-state index in [2.05, 4.69) is 5.23 Å². The summed E-state index contributed by atoms with van der Waals surface area (Å²) in [5, 5.41) is 2.95. The minimum absolute atomic E-state index is 0.180. The van der Waals surface area contributed by atoms with E-state index in [1.165, 1.54) is 0 Å². The minimum atomic E-state index is -1.69. The second kappa shape index (κ2) is 4.55. The molecule has 2 heterocycles. The maximum Gasteiger partial charge on any atom is 0.372 e. The molecule has 1 spiro atoms. The van der Waals surface area contributed by atoms with Gasteiger partial charge in [0.1, 0.15) is 5.60 Å². The van der Waals surface area contributed by atoms with Crippen LogP contribution in [0.1, 0.15) is 33.6 Å². The molecule has 2 rings (SSSR count). The maximum absolute atomic E-state index is 11.7. The molecule has 0 aromatic rings. The lowest BCUT2D eigenvalue weighted by Gasteiger charge is -2.30. The van der Waals surface area contributed by atoms with Gasteiger partial charge in [-0.2, -0.15) is 0 Å². The second-order valence-corrected chi connectivity index (χ2v) is 5.87. The fourth-order valence-corrected chi connectivity index (χ4v) is 2.34. The molecule has 18 heavy (non-hydrogen) atoms. The average molecular weight is 256 g/mol. The maximum atomic E-state index is 11.7. The molecule has 7 heteroatoms. The van der Waals surface area contributed by atoms with Crippen LogP contribution in [0.4, 0.5) is 0 Å². The number of esters is 1. The summed E-state index contributed by atoms with van der Waals surface area (Å²) in [6.07, 6.45) is 1.27. The highest BCUT2D eigenvalue weighted by Crippen LogP contribution is 2.30. The van der Waals surface area contributed by atoms with Crippen LogP contribution >= 0.6 is 0 Å². The van der Waals surface area contributed by atoms with Crippen molar-refractivity contribution in [2.75, 3.05) is 6.54 Å². The first-order valence-corrected chi connectivity index (χ1v) is 6.30. The van der Waals surface area contributed by atoms with E-state index in [1.807, 2.05) is 20.8 Å². The number of carbonyl (C=O) groups is 2. The van der Waals surface area contributed by atoms with Crippen LogP contribution < -0.4 is 5.23 Å². The summed E-state index contributed by atoms with van der Waals surface area (Å²) >= 11 is 0. The Morgan fingerprint density at radius 3 is 2.83 bits per heavy atom. The molecule has 2 saturated heterocycles. The number of ether oxygens (including phenoxy) is 1. The van der Waals surface area contributed by atoms with E-state index in [1.54, 1.807) is 0 Å². The van der Waals surface area contributed by atoms with Gasteiger partial charge in [-0.25, -0.2) is 0 Å². The van der Waals surface area contributed by atoms with Crippen molar-refractivity contribution in [3.8, 4) is 0 Å². The summed E-state index contributed by atoms with van der Waals surface area (Å²) in [4.78, 5) is 22.7. The summed E-state index contributed by atoms with van der Waals surface area (Å²) < 4.78 is 16.1. The van der Waals surface area contributed by atoms with Crippen LogP contribution in [-0.2, 0) is 23.6 Å². The van der Waals surface area contributed by atoms with E-state index in [-0.39, 0.29) is 31.0 Å². The zero-order valence-electron chi connectivity index (χ0n) is 11.0.